The van der Waals surface area contributed by atoms with Gasteiger partial charge in [0.1, 0.15) is 5.52 Å². The molecule has 3 aromatic rings. The Balaban J connectivity index is 1.66. The van der Waals surface area contributed by atoms with Gasteiger partial charge < -0.3 is 10.6 Å². The first-order valence-corrected chi connectivity index (χ1v) is 10.1. The highest BCUT2D eigenvalue weighted by Crippen LogP contribution is 2.35. The zero-order valence-corrected chi connectivity index (χ0v) is 17.3. The minimum atomic E-state index is -2.56. The quantitative estimate of drug-likeness (QED) is 0.585. The normalized spacial score (nSPS) is 17.0. The van der Waals surface area contributed by atoms with Crippen LogP contribution in [0.3, 0.4) is 0 Å². The van der Waals surface area contributed by atoms with E-state index in [0.717, 1.165) is 28.2 Å². The van der Waals surface area contributed by atoms with E-state index in [9.17, 15) is 8.78 Å². The fourth-order valence-corrected chi connectivity index (χ4v) is 3.81. The number of hydrogen-bond donors (Lipinski definition) is 2. The molecule has 158 valence electrons. The first kappa shape index (κ1) is 20.2. The van der Waals surface area contributed by atoms with Gasteiger partial charge in [0.15, 0.2) is 5.82 Å². The Morgan fingerprint density at radius 2 is 1.97 bits per heavy atom. The van der Waals surface area contributed by atoms with Crippen molar-refractivity contribution in [1.29, 1.82) is 0 Å². The van der Waals surface area contributed by atoms with Gasteiger partial charge in [-0.05, 0) is 44.9 Å². The van der Waals surface area contributed by atoms with Crippen LogP contribution in [-0.2, 0) is 0 Å². The Morgan fingerprint density at radius 1 is 1.20 bits per heavy atom. The van der Waals surface area contributed by atoms with Crippen LogP contribution in [0.25, 0.3) is 16.8 Å². The Labute approximate surface area is 173 Å². The van der Waals surface area contributed by atoms with Crippen molar-refractivity contribution in [2.45, 2.75) is 51.5 Å². The van der Waals surface area contributed by atoms with Crippen molar-refractivity contribution < 1.29 is 8.78 Å². The number of aryl methyl sites for hydroxylation is 1. The Morgan fingerprint density at radius 3 is 2.63 bits per heavy atom. The molecule has 0 saturated heterocycles. The van der Waals surface area contributed by atoms with Crippen LogP contribution in [0.2, 0.25) is 0 Å². The second-order valence-corrected chi connectivity index (χ2v) is 7.52. The van der Waals surface area contributed by atoms with E-state index in [4.69, 9.17) is 4.98 Å². The van der Waals surface area contributed by atoms with Crippen molar-refractivity contribution >= 4 is 29.2 Å². The van der Waals surface area contributed by atoms with Crippen LogP contribution in [0.4, 0.5) is 26.2 Å². The zero-order chi connectivity index (χ0) is 21.3. The molecule has 9 heteroatoms. The number of hydrogen-bond acceptors (Lipinski definition) is 6. The summed E-state index contributed by atoms with van der Waals surface area (Å²) in [5.41, 5.74) is 4.18. The maximum absolute atomic E-state index is 13.4. The maximum atomic E-state index is 13.4. The minimum Gasteiger partial charge on any atom is -0.371 e. The first-order chi connectivity index (χ1) is 14.4. The number of nitrogens with zero attached hydrogens (tertiary/aromatic N) is 5. The molecular weight excluding hydrogens is 388 g/mol. The van der Waals surface area contributed by atoms with Crippen LogP contribution in [0, 0.1) is 6.92 Å². The lowest BCUT2D eigenvalue weighted by molar-refractivity contribution is -0.0361. The molecule has 0 amide bonds. The molecule has 7 nitrogen and oxygen atoms in total. The van der Waals surface area contributed by atoms with Gasteiger partial charge in [0.25, 0.3) is 0 Å². The average Bonchev–Trinajstić information content (AvgIpc) is 3.15. The molecule has 0 atom stereocenters. The Kier molecular flexibility index (Phi) is 5.36. The molecule has 0 bridgehead atoms. The first-order valence-electron chi connectivity index (χ1n) is 10.1. The summed E-state index contributed by atoms with van der Waals surface area (Å²) in [5.74, 6) is -1.50. The van der Waals surface area contributed by atoms with E-state index in [2.05, 4.69) is 25.7 Å². The predicted molar refractivity (Wildman–Crippen MR) is 115 cm³/mol. The summed E-state index contributed by atoms with van der Waals surface area (Å²) in [7, 11) is 1.79. The molecule has 0 unspecified atom stereocenters. The summed E-state index contributed by atoms with van der Waals surface area (Å²) in [6.07, 6.45) is 4.17. The molecule has 0 aliphatic heterocycles. The molecule has 3 heterocycles. The smallest absolute Gasteiger partial charge is 0.248 e. The zero-order valence-electron chi connectivity index (χ0n) is 17.3. The van der Waals surface area contributed by atoms with Gasteiger partial charge in [-0.1, -0.05) is 0 Å². The van der Waals surface area contributed by atoms with Gasteiger partial charge >= 0.3 is 0 Å². The van der Waals surface area contributed by atoms with Gasteiger partial charge in [0.2, 0.25) is 11.9 Å². The minimum absolute atomic E-state index is 0.0576. The van der Waals surface area contributed by atoms with E-state index in [1.165, 1.54) is 0 Å². The van der Waals surface area contributed by atoms with E-state index >= 15 is 0 Å². The van der Waals surface area contributed by atoms with Crippen molar-refractivity contribution in [3.05, 3.63) is 30.1 Å². The number of fused-ring (bicyclic) bond motifs is 1. The summed E-state index contributed by atoms with van der Waals surface area (Å²) in [6, 6.07) is 5.76. The van der Waals surface area contributed by atoms with Gasteiger partial charge in [-0.15, -0.1) is 5.10 Å². The molecular formula is C21H25F2N7. The van der Waals surface area contributed by atoms with Gasteiger partial charge in [-0.25, -0.2) is 13.3 Å². The van der Waals surface area contributed by atoms with Crippen molar-refractivity contribution in [1.82, 2.24) is 19.6 Å². The monoisotopic (exact) mass is 413 g/mol. The van der Waals surface area contributed by atoms with Crippen LogP contribution >= 0.6 is 0 Å². The molecule has 1 aliphatic carbocycles. The lowest BCUT2D eigenvalue weighted by Gasteiger charge is -2.28. The number of nitrogens with one attached hydrogen (secondary N) is 2. The second-order valence-electron chi connectivity index (χ2n) is 7.52. The highest BCUT2D eigenvalue weighted by atomic mass is 19.3. The number of alkyl halides is 2. The average molecular weight is 413 g/mol. The number of halogens is 2. The van der Waals surface area contributed by atoms with Crippen molar-refractivity contribution in [2.75, 3.05) is 17.7 Å². The molecule has 2 N–H and O–H groups in total. The van der Waals surface area contributed by atoms with E-state index in [0.29, 0.717) is 24.6 Å². The van der Waals surface area contributed by atoms with Crippen molar-refractivity contribution in [2.24, 2.45) is 4.99 Å². The van der Waals surface area contributed by atoms with E-state index in [-0.39, 0.29) is 18.9 Å². The second kappa shape index (κ2) is 7.97. The van der Waals surface area contributed by atoms with Gasteiger partial charge in [0, 0.05) is 43.9 Å². The fraction of sp³-hybridized carbons (Fsp3) is 0.429. The highest BCUT2D eigenvalue weighted by Gasteiger charge is 2.35. The molecule has 3 aromatic heterocycles. The lowest BCUT2D eigenvalue weighted by atomic mass is 9.92. The maximum Gasteiger partial charge on any atom is 0.248 e. The number of aromatic nitrogens is 4. The molecule has 0 aromatic carbocycles. The Hall–Kier alpha value is -3.10. The summed E-state index contributed by atoms with van der Waals surface area (Å²) >= 11 is 0. The van der Waals surface area contributed by atoms with Crippen LogP contribution in [0.1, 0.15) is 38.3 Å². The largest absolute Gasteiger partial charge is 0.371 e. The number of anilines is 2. The standard InChI is InChI=1S/C21H25F2N7/c1-4-25-16-5-6-17(26-13(16)2)15-9-12-30-18(15)19(24-3)28-20(29-30)27-14-7-10-21(22,23)11-8-14/h4-6,9,12,14H,7-8,10-11H2,1-3H3,(H2,24,27,28,29). The topological polar surface area (TPSA) is 79.5 Å². The van der Waals surface area contributed by atoms with Crippen LogP contribution in [0.5, 0.6) is 0 Å². The molecule has 4 rings (SSSR count). The Bertz CT molecular complexity index is 1080. The van der Waals surface area contributed by atoms with Crippen molar-refractivity contribution in [3.63, 3.8) is 0 Å². The summed E-state index contributed by atoms with van der Waals surface area (Å²) in [6.45, 7) is 3.80. The van der Waals surface area contributed by atoms with E-state index < -0.39 is 5.92 Å². The number of rotatable bonds is 5. The summed E-state index contributed by atoms with van der Waals surface area (Å²) < 4.78 is 28.6. The lowest BCUT2D eigenvalue weighted by Crippen LogP contribution is -2.32. The molecule has 1 saturated carbocycles. The number of pyridine rings is 1. The molecule has 1 fully saturated rings. The fourth-order valence-electron chi connectivity index (χ4n) is 3.81. The molecule has 30 heavy (non-hydrogen) atoms. The van der Waals surface area contributed by atoms with Gasteiger partial charge in [-0.2, -0.15) is 4.98 Å². The summed E-state index contributed by atoms with van der Waals surface area (Å²) in [4.78, 5) is 13.6. The van der Waals surface area contributed by atoms with Crippen molar-refractivity contribution in [3.8, 4) is 11.3 Å². The third kappa shape index (κ3) is 3.96. The molecule has 0 spiro atoms. The third-order valence-electron chi connectivity index (χ3n) is 5.40. The van der Waals surface area contributed by atoms with E-state index in [1.54, 1.807) is 17.8 Å². The molecule has 1 aliphatic rings. The van der Waals surface area contributed by atoms with Crippen LogP contribution in [-0.4, -0.2) is 44.8 Å². The molecule has 0 radical (unpaired) electrons. The van der Waals surface area contributed by atoms with Gasteiger partial charge in [-0.3, -0.25) is 9.98 Å². The van der Waals surface area contributed by atoms with Gasteiger partial charge in [0.05, 0.1) is 17.1 Å². The SMILES string of the molecule is CC=Nc1ccc(-c2ccn3nc(NC4CCC(F)(F)CC4)nc(NC)c23)nc1C. The predicted octanol–water partition coefficient (Wildman–Crippen LogP) is 4.85. The summed E-state index contributed by atoms with van der Waals surface area (Å²) in [5, 5.41) is 10.9. The van der Waals surface area contributed by atoms with Crippen LogP contribution in [0.15, 0.2) is 29.4 Å². The third-order valence-corrected chi connectivity index (χ3v) is 5.40. The highest BCUT2D eigenvalue weighted by molar-refractivity contribution is 5.87. The number of aliphatic imine (C=N–C) groups is 1. The van der Waals surface area contributed by atoms with Crippen LogP contribution < -0.4 is 10.6 Å². The van der Waals surface area contributed by atoms with E-state index in [1.807, 2.05) is 38.2 Å².